The van der Waals surface area contributed by atoms with Crippen molar-refractivity contribution in [1.82, 2.24) is 0 Å². The van der Waals surface area contributed by atoms with E-state index in [1.54, 1.807) is 0 Å². The Hall–Kier alpha value is -6.38. The standard InChI is InChI=1S/C55H45NO/c1-5-15-38(16-6-1)40-25-29-44(30-26-40)56(45-31-27-41(28-32-45)39-17-7-2-8-18-39)46-33-34-49-51(37-46)55(42-19-9-3-10-20-42,43-21-11-4-12-22-43)50-36-35-48-47-23-13-14-24-52(47)57-54(48)53(49)50/h1-21,23-27,29-31,33-34,37,43,47,52H,22,28,32,35-36H2. The van der Waals surface area contributed by atoms with Gasteiger partial charge >= 0.3 is 0 Å². The molecule has 57 heavy (non-hydrogen) atoms. The summed E-state index contributed by atoms with van der Waals surface area (Å²) in [6.45, 7) is 0. The smallest absolute Gasteiger partial charge is 0.128 e. The molecular formula is C55H45NO. The molecule has 4 atom stereocenters. The zero-order valence-electron chi connectivity index (χ0n) is 32.1. The van der Waals surface area contributed by atoms with Gasteiger partial charge in [0.05, 0.1) is 0 Å². The highest BCUT2D eigenvalue weighted by atomic mass is 16.5. The van der Waals surface area contributed by atoms with Crippen LogP contribution in [0.15, 0.2) is 217 Å². The van der Waals surface area contributed by atoms with Gasteiger partial charge in [-0.3, -0.25) is 0 Å². The summed E-state index contributed by atoms with van der Waals surface area (Å²) in [4.78, 5) is 2.53. The molecule has 0 amide bonds. The van der Waals surface area contributed by atoms with Gasteiger partial charge in [-0.15, -0.1) is 0 Å². The van der Waals surface area contributed by atoms with Crippen molar-refractivity contribution in [2.24, 2.45) is 11.8 Å². The normalized spacial score (nSPS) is 24.0. The van der Waals surface area contributed by atoms with Crippen molar-refractivity contribution in [1.29, 1.82) is 0 Å². The van der Waals surface area contributed by atoms with Gasteiger partial charge in [-0.25, -0.2) is 0 Å². The second-order valence-electron chi connectivity index (χ2n) is 16.1. The van der Waals surface area contributed by atoms with Crippen LogP contribution in [0.2, 0.25) is 0 Å². The molecule has 0 spiro atoms. The number of allylic oxidation sites excluding steroid dienone is 12. The molecule has 2 heteroatoms. The van der Waals surface area contributed by atoms with E-state index in [1.165, 1.54) is 72.7 Å². The molecule has 0 saturated carbocycles. The van der Waals surface area contributed by atoms with Gasteiger partial charge in [0.15, 0.2) is 0 Å². The second kappa shape index (κ2) is 14.0. The van der Waals surface area contributed by atoms with Gasteiger partial charge in [0.25, 0.3) is 0 Å². The Balaban J connectivity index is 1.11. The van der Waals surface area contributed by atoms with Gasteiger partial charge in [-0.1, -0.05) is 158 Å². The van der Waals surface area contributed by atoms with Crippen LogP contribution >= 0.6 is 0 Å². The van der Waals surface area contributed by atoms with Crippen LogP contribution in [0.25, 0.3) is 22.3 Å². The molecule has 5 aromatic rings. The summed E-state index contributed by atoms with van der Waals surface area (Å²) >= 11 is 0. The van der Waals surface area contributed by atoms with Gasteiger partial charge in [0.2, 0.25) is 0 Å². The zero-order chi connectivity index (χ0) is 37.8. The Morgan fingerprint density at radius 2 is 1.28 bits per heavy atom. The quantitative estimate of drug-likeness (QED) is 0.165. The minimum absolute atomic E-state index is 0.0697. The third-order valence-corrected chi connectivity index (χ3v) is 13.2. The predicted molar refractivity (Wildman–Crippen MR) is 236 cm³/mol. The van der Waals surface area contributed by atoms with Gasteiger partial charge in [-0.2, -0.15) is 0 Å². The lowest BCUT2D eigenvalue weighted by atomic mass is 9.60. The topological polar surface area (TPSA) is 12.5 Å². The van der Waals surface area contributed by atoms with E-state index in [-0.39, 0.29) is 17.4 Å². The molecule has 0 bridgehead atoms. The molecule has 5 aliphatic carbocycles. The average Bonchev–Trinajstić information content (AvgIpc) is 3.82. The molecule has 0 saturated heterocycles. The molecule has 1 aliphatic heterocycles. The number of ether oxygens (including phenoxy) is 1. The molecule has 2 nitrogen and oxygen atoms in total. The highest BCUT2D eigenvalue weighted by molar-refractivity contribution is 5.94. The summed E-state index contributed by atoms with van der Waals surface area (Å²) in [6.07, 6.45) is 28.0. The molecule has 0 fully saturated rings. The van der Waals surface area contributed by atoms with Crippen LogP contribution in [0.5, 0.6) is 0 Å². The largest absolute Gasteiger partial charge is 0.485 e. The van der Waals surface area contributed by atoms with Gasteiger partial charge in [-0.05, 0) is 125 Å². The van der Waals surface area contributed by atoms with Gasteiger partial charge < -0.3 is 9.64 Å². The molecule has 6 aliphatic rings. The lowest BCUT2D eigenvalue weighted by molar-refractivity contribution is 0.176. The van der Waals surface area contributed by atoms with E-state index in [4.69, 9.17) is 4.74 Å². The van der Waals surface area contributed by atoms with Crippen LogP contribution in [0, 0.1) is 11.8 Å². The lowest BCUT2D eigenvalue weighted by Crippen LogP contribution is -2.37. The number of anilines is 2. The van der Waals surface area contributed by atoms with Crippen LogP contribution in [0.1, 0.15) is 54.4 Å². The molecule has 4 unspecified atom stereocenters. The van der Waals surface area contributed by atoms with E-state index < -0.39 is 0 Å². The minimum atomic E-state index is -0.339. The third-order valence-electron chi connectivity index (χ3n) is 13.2. The first-order chi connectivity index (χ1) is 28.3. The predicted octanol–water partition coefficient (Wildman–Crippen LogP) is 13.6. The Morgan fingerprint density at radius 3 is 2.02 bits per heavy atom. The van der Waals surface area contributed by atoms with E-state index in [2.05, 4.69) is 199 Å². The first-order valence-electron chi connectivity index (χ1n) is 20.7. The Bertz CT molecular complexity index is 2620. The Labute approximate surface area is 336 Å². The maximum Gasteiger partial charge on any atom is 0.128 e. The third kappa shape index (κ3) is 5.53. The summed E-state index contributed by atoms with van der Waals surface area (Å²) < 4.78 is 7.02. The second-order valence-corrected chi connectivity index (χ2v) is 16.1. The maximum atomic E-state index is 7.02. The Morgan fingerprint density at radius 1 is 0.579 bits per heavy atom. The highest BCUT2D eigenvalue weighted by Crippen LogP contribution is 2.63. The number of fused-ring (bicyclic) bond motifs is 5. The molecule has 0 N–H and O–H groups in total. The fourth-order valence-corrected chi connectivity index (χ4v) is 10.6. The molecule has 0 radical (unpaired) electrons. The van der Waals surface area contributed by atoms with Crippen molar-refractivity contribution in [3.05, 3.63) is 239 Å². The fourth-order valence-electron chi connectivity index (χ4n) is 10.6. The van der Waals surface area contributed by atoms with Crippen LogP contribution in [-0.2, 0) is 10.2 Å². The summed E-state index contributed by atoms with van der Waals surface area (Å²) in [7, 11) is 0. The Kier molecular flexibility index (Phi) is 8.31. The first kappa shape index (κ1) is 33.9. The van der Waals surface area contributed by atoms with E-state index in [0.717, 1.165) is 37.9 Å². The molecule has 5 aromatic carbocycles. The number of rotatable bonds is 7. The van der Waals surface area contributed by atoms with Crippen molar-refractivity contribution in [2.75, 3.05) is 4.90 Å². The number of nitrogens with zero attached hydrogens (tertiary/aromatic N) is 1. The molecule has 0 aromatic heterocycles. The molecule has 1 heterocycles. The van der Waals surface area contributed by atoms with E-state index >= 15 is 0 Å². The highest BCUT2D eigenvalue weighted by Gasteiger charge is 2.54. The molecule has 11 rings (SSSR count). The van der Waals surface area contributed by atoms with Crippen molar-refractivity contribution in [2.45, 2.75) is 43.6 Å². The molecule has 276 valence electrons. The summed E-state index contributed by atoms with van der Waals surface area (Å²) in [5.41, 5.74) is 16.9. The zero-order valence-corrected chi connectivity index (χ0v) is 32.1. The summed E-state index contributed by atoms with van der Waals surface area (Å²) in [5.74, 6) is 1.71. The minimum Gasteiger partial charge on any atom is -0.485 e. The number of hydrogen-bond donors (Lipinski definition) is 0. The first-order valence-corrected chi connectivity index (χ1v) is 20.7. The van der Waals surface area contributed by atoms with Gasteiger partial charge in [0, 0.05) is 34.0 Å². The van der Waals surface area contributed by atoms with E-state index in [1.807, 2.05) is 0 Å². The van der Waals surface area contributed by atoms with Crippen molar-refractivity contribution in [3.63, 3.8) is 0 Å². The van der Waals surface area contributed by atoms with Crippen molar-refractivity contribution in [3.8, 4) is 11.1 Å². The average molecular weight is 736 g/mol. The fraction of sp³-hybridized carbons (Fsp3) is 0.164. The SMILES string of the molecule is C1=CCC(C2(c3ccccc3)C3=C(C4=C(CC3)C3C=CC=CC3O4)c3ccc(N(C4=CC=C(c5ccccc5)CC4)c4ccc(-c5ccccc5)cc4)cc32)C=C1. The monoisotopic (exact) mass is 735 g/mol. The van der Waals surface area contributed by atoms with Crippen LogP contribution in [0.4, 0.5) is 11.4 Å². The molecular weight excluding hydrogens is 691 g/mol. The summed E-state index contributed by atoms with van der Waals surface area (Å²) in [5, 5.41) is 0. The van der Waals surface area contributed by atoms with Crippen LogP contribution < -0.4 is 4.90 Å². The number of benzene rings is 5. The van der Waals surface area contributed by atoms with Crippen molar-refractivity contribution >= 4 is 22.5 Å². The summed E-state index contributed by atoms with van der Waals surface area (Å²) in [6, 6.07) is 49.4. The van der Waals surface area contributed by atoms with E-state index in [9.17, 15) is 0 Å². The maximum absolute atomic E-state index is 7.02. The van der Waals surface area contributed by atoms with Gasteiger partial charge in [0.1, 0.15) is 11.9 Å². The number of hydrogen-bond acceptors (Lipinski definition) is 2. The van der Waals surface area contributed by atoms with E-state index in [0.29, 0.717) is 5.92 Å². The van der Waals surface area contributed by atoms with Crippen LogP contribution in [0.3, 0.4) is 0 Å². The lowest BCUT2D eigenvalue weighted by Gasteiger charge is -2.42. The van der Waals surface area contributed by atoms with Crippen molar-refractivity contribution < 1.29 is 4.74 Å². The van der Waals surface area contributed by atoms with Crippen LogP contribution in [-0.4, -0.2) is 6.10 Å².